The molecule has 0 N–H and O–H groups in total. The molecule has 1 aliphatic heterocycles. The molecule has 2 fully saturated rings. The summed E-state index contributed by atoms with van der Waals surface area (Å²) >= 11 is 0. The van der Waals surface area contributed by atoms with Gasteiger partial charge in [-0.3, -0.25) is 14.5 Å². The summed E-state index contributed by atoms with van der Waals surface area (Å²) in [6.45, 7) is 0. The lowest BCUT2D eigenvalue weighted by molar-refractivity contribution is -0.143. The number of nitrogens with zero attached hydrogens (tertiary/aromatic N) is 1. The predicted octanol–water partition coefficient (Wildman–Crippen LogP) is 3.44. The molecule has 0 spiro atoms. The maximum Gasteiger partial charge on any atom is 0.253 e. The third kappa shape index (κ3) is 2.68. The minimum atomic E-state index is -0.0730. The Morgan fingerprint density at radius 1 is 0.750 bits per heavy atom. The summed E-state index contributed by atoms with van der Waals surface area (Å²) in [7, 11) is 0. The van der Waals surface area contributed by atoms with E-state index in [0.717, 1.165) is 0 Å². The van der Waals surface area contributed by atoms with Crippen molar-refractivity contribution < 1.29 is 9.59 Å². The highest BCUT2D eigenvalue weighted by Gasteiger charge is 2.41. The number of hydrogen-bond donors (Lipinski definition) is 0. The van der Waals surface area contributed by atoms with E-state index in [1.54, 1.807) is 4.90 Å². The Labute approximate surface area is 121 Å². The molecule has 0 saturated heterocycles. The van der Waals surface area contributed by atoms with Gasteiger partial charge in [-0.15, -0.1) is 0 Å². The van der Waals surface area contributed by atoms with Gasteiger partial charge in [0.2, 0.25) is 0 Å². The van der Waals surface area contributed by atoms with Crippen molar-refractivity contribution in [2.24, 2.45) is 11.8 Å². The Balaban J connectivity index is 1.82. The molecule has 0 radical (unpaired) electrons. The quantitative estimate of drug-likeness (QED) is 0.740. The van der Waals surface area contributed by atoms with E-state index in [0.29, 0.717) is 11.8 Å². The fourth-order valence-electron chi connectivity index (χ4n) is 4.46. The molecule has 20 heavy (non-hydrogen) atoms. The molecule has 0 atom stereocenters. The van der Waals surface area contributed by atoms with Crippen LogP contribution in [0.1, 0.15) is 64.2 Å². The summed E-state index contributed by atoms with van der Waals surface area (Å²) in [5, 5.41) is 0. The maximum atomic E-state index is 12.1. The van der Waals surface area contributed by atoms with Gasteiger partial charge in [0.15, 0.2) is 0 Å². The van der Waals surface area contributed by atoms with Crippen molar-refractivity contribution in [1.82, 2.24) is 4.90 Å². The van der Waals surface area contributed by atoms with Crippen molar-refractivity contribution in [2.75, 3.05) is 0 Å². The van der Waals surface area contributed by atoms with Crippen molar-refractivity contribution in [2.45, 2.75) is 70.3 Å². The van der Waals surface area contributed by atoms with Crippen LogP contribution >= 0.6 is 0 Å². The van der Waals surface area contributed by atoms with Gasteiger partial charge in [0.1, 0.15) is 0 Å². The number of carbonyl (C=O) groups is 2. The van der Waals surface area contributed by atoms with Gasteiger partial charge in [-0.05, 0) is 37.5 Å². The maximum absolute atomic E-state index is 12.1. The summed E-state index contributed by atoms with van der Waals surface area (Å²) in [4.78, 5) is 25.9. The van der Waals surface area contributed by atoms with E-state index >= 15 is 0 Å². The number of rotatable bonds is 3. The number of carbonyl (C=O) groups excluding carboxylic acids is 2. The lowest BCUT2D eigenvalue weighted by Crippen LogP contribution is -2.49. The lowest BCUT2D eigenvalue weighted by atomic mass is 9.73. The highest BCUT2D eigenvalue weighted by molar-refractivity contribution is 6.13. The SMILES string of the molecule is O=C1C=CC(=O)N1C(C1CCCCC1)C1CCCCC1. The molecule has 3 heteroatoms. The molecule has 0 aromatic carbocycles. The molecule has 2 amide bonds. The average Bonchev–Trinajstić information content (AvgIpc) is 2.82. The van der Waals surface area contributed by atoms with E-state index in [9.17, 15) is 9.59 Å². The van der Waals surface area contributed by atoms with Gasteiger partial charge in [-0.1, -0.05) is 38.5 Å². The van der Waals surface area contributed by atoms with Gasteiger partial charge in [0, 0.05) is 18.2 Å². The fourth-order valence-corrected chi connectivity index (χ4v) is 4.46. The first-order chi connectivity index (χ1) is 9.77. The lowest BCUT2D eigenvalue weighted by Gasteiger charge is -2.42. The van der Waals surface area contributed by atoms with Crippen LogP contribution in [-0.2, 0) is 9.59 Å². The predicted molar refractivity (Wildman–Crippen MR) is 77.9 cm³/mol. The van der Waals surface area contributed by atoms with Crippen molar-refractivity contribution in [3.8, 4) is 0 Å². The Hall–Kier alpha value is -1.12. The Kier molecular flexibility index (Phi) is 4.23. The first-order valence-corrected chi connectivity index (χ1v) is 8.32. The summed E-state index contributed by atoms with van der Waals surface area (Å²) in [6.07, 6.45) is 15.4. The van der Waals surface area contributed by atoms with E-state index in [4.69, 9.17) is 0 Å². The number of hydrogen-bond acceptors (Lipinski definition) is 2. The van der Waals surface area contributed by atoms with Crippen LogP contribution < -0.4 is 0 Å². The zero-order valence-corrected chi connectivity index (χ0v) is 12.2. The fraction of sp³-hybridized carbons (Fsp3) is 0.765. The second-order valence-corrected chi connectivity index (χ2v) is 6.67. The van der Waals surface area contributed by atoms with E-state index in [-0.39, 0.29) is 17.9 Å². The van der Waals surface area contributed by atoms with Crippen LogP contribution in [0.3, 0.4) is 0 Å². The van der Waals surface area contributed by atoms with Crippen LogP contribution in [0, 0.1) is 11.8 Å². The van der Waals surface area contributed by atoms with Crippen LogP contribution in [0.4, 0.5) is 0 Å². The third-order valence-electron chi connectivity index (χ3n) is 5.41. The Morgan fingerprint density at radius 2 is 1.15 bits per heavy atom. The molecule has 3 rings (SSSR count). The van der Waals surface area contributed by atoms with Crippen LogP contribution in [0.5, 0.6) is 0 Å². The molecule has 2 saturated carbocycles. The van der Waals surface area contributed by atoms with Crippen molar-refractivity contribution in [3.63, 3.8) is 0 Å². The number of imide groups is 1. The second-order valence-electron chi connectivity index (χ2n) is 6.67. The highest BCUT2D eigenvalue weighted by atomic mass is 16.2. The molecular weight excluding hydrogens is 250 g/mol. The van der Waals surface area contributed by atoms with Crippen LogP contribution in [-0.4, -0.2) is 22.8 Å². The molecule has 0 aromatic heterocycles. The third-order valence-corrected chi connectivity index (χ3v) is 5.41. The van der Waals surface area contributed by atoms with E-state index < -0.39 is 0 Å². The van der Waals surface area contributed by atoms with Gasteiger partial charge < -0.3 is 0 Å². The molecule has 3 aliphatic rings. The normalized spacial score (nSPS) is 25.9. The zero-order valence-electron chi connectivity index (χ0n) is 12.2. The van der Waals surface area contributed by atoms with Crippen molar-refractivity contribution in [1.29, 1.82) is 0 Å². The van der Waals surface area contributed by atoms with Gasteiger partial charge >= 0.3 is 0 Å². The molecule has 1 heterocycles. The topological polar surface area (TPSA) is 37.4 Å². The van der Waals surface area contributed by atoms with Gasteiger partial charge in [-0.25, -0.2) is 0 Å². The minimum absolute atomic E-state index is 0.0730. The molecule has 2 aliphatic carbocycles. The monoisotopic (exact) mass is 275 g/mol. The zero-order chi connectivity index (χ0) is 13.9. The molecule has 3 nitrogen and oxygen atoms in total. The van der Waals surface area contributed by atoms with Crippen molar-refractivity contribution >= 4 is 11.8 Å². The summed E-state index contributed by atoms with van der Waals surface area (Å²) in [5.74, 6) is 0.937. The first-order valence-electron chi connectivity index (χ1n) is 8.32. The van der Waals surface area contributed by atoms with Gasteiger partial charge in [-0.2, -0.15) is 0 Å². The van der Waals surface area contributed by atoms with Crippen LogP contribution in [0.25, 0.3) is 0 Å². The molecule has 0 bridgehead atoms. The minimum Gasteiger partial charge on any atom is -0.272 e. The summed E-state index contributed by atoms with van der Waals surface area (Å²) < 4.78 is 0. The summed E-state index contributed by atoms with van der Waals surface area (Å²) in [6, 6.07) is 0.172. The second kappa shape index (κ2) is 6.11. The largest absolute Gasteiger partial charge is 0.272 e. The standard InChI is InChI=1S/C17H25NO2/c19-15-11-12-16(20)18(15)17(13-7-3-1-4-8-13)14-9-5-2-6-10-14/h11-14,17H,1-10H2. The molecule has 0 aromatic rings. The smallest absolute Gasteiger partial charge is 0.253 e. The molecular formula is C17H25NO2. The Bertz CT molecular complexity index is 367. The van der Waals surface area contributed by atoms with Crippen molar-refractivity contribution in [3.05, 3.63) is 12.2 Å². The highest BCUT2D eigenvalue weighted by Crippen LogP contribution is 2.39. The van der Waals surface area contributed by atoms with Gasteiger partial charge in [0.25, 0.3) is 11.8 Å². The van der Waals surface area contributed by atoms with Gasteiger partial charge in [0.05, 0.1) is 0 Å². The van der Waals surface area contributed by atoms with Crippen LogP contribution in [0.2, 0.25) is 0 Å². The Morgan fingerprint density at radius 3 is 1.55 bits per heavy atom. The van der Waals surface area contributed by atoms with E-state index in [1.807, 2.05) is 0 Å². The summed E-state index contributed by atoms with van der Waals surface area (Å²) in [5.41, 5.74) is 0. The number of amides is 2. The van der Waals surface area contributed by atoms with E-state index in [1.165, 1.54) is 76.4 Å². The first kappa shape index (κ1) is 13.8. The average molecular weight is 275 g/mol. The van der Waals surface area contributed by atoms with E-state index in [2.05, 4.69) is 0 Å². The molecule has 0 unspecified atom stereocenters. The van der Waals surface area contributed by atoms with Crippen LogP contribution in [0.15, 0.2) is 12.2 Å². The molecule has 110 valence electrons.